The predicted octanol–water partition coefficient (Wildman–Crippen LogP) is 0.730. The number of esters is 3. The van der Waals surface area contributed by atoms with Crippen molar-refractivity contribution in [1.82, 2.24) is 5.32 Å². The van der Waals surface area contributed by atoms with Crippen LogP contribution in [0.2, 0.25) is 0 Å². The van der Waals surface area contributed by atoms with Crippen LogP contribution >= 0.6 is 0 Å². The normalized spacial score (nSPS) is 24.6. The second kappa shape index (κ2) is 11.3. The maximum atomic E-state index is 11.9. The first-order valence-electron chi connectivity index (χ1n) is 9.82. The van der Waals surface area contributed by atoms with E-state index >= 15 is 0 Å². The number of rotatable bonds is 8. The third kappa shape index (κ3) is 6.84. The maximum Gasteiger partial charge on any atom is 0.303 e. The van der Waals surface area contributed by atoms with Crippen molar-refractivity contribution in [3.63, 3.8) is 0 Å². The molecule has 11 nitrogen and oxygen atoms in total. The smallest absolute Gasteiger partial charge is 0.303 e. The van der Waals surface area contributed by atoms with Gasteiger partial charge in [0.2, 0.25) is 12.2 Å². The average molecular weight is 453 g/mol. The summed E-state index contributed by atoms with van der Waals surface area (Å²) < 4.78 is 33.0. The first-order valence-corrected chi connectivity index (χ1v) is 9.82. The summed E-state index contributed by atoms with van der Waals surface area (Å²) in [5.74, 6) is -1.76. The van der Waals surface area contributed by atoms with Gasteiger partial charge in [-0.15, -0.1) is 0 Å². The van der Waals surface area contributed by atoms with Crippen molar-refractivity contribution in [1.29, 1.82) is 0 Å². The standard InChI is InChI=1S/C21H27NO10/c1-11(23)22-18-20(30-14(4)26)19(29-13(3)25)17(10-28-12(2)24)32-21(18)31-16-9-7-6-8-15(16)27-5/h6-9,17-21H,10H2,1-5H3,(H,22,23)/t17-,18+,19+,20-,21-/m0/s1. The van der Waals surface area contributed by atoms with Crippen molar-refractivity contribution in [3.05, 3.63) is 24.3 Å². The monoisotopic (exact) mass is 453 g/mol. The average Bonchev–Trinajstić information content (AvgIpc) is 2.70. The topological polar surface area (TPSA) is 136 Å². The molecule has 0 saturated carbocycles. The highest BCUT2D eigenvalue weighted by Gasteiger charge is 2.52. The summed E-state index contributed by atoms with van der Waals surface area (Å²) in [5, 5.41) is 2.63. The lowest BCUT2D eigenvalue weighted by molar-refractivity contribution is -0.257. The highest BCUT2D eigenvalue weighted by atomic mass is 16.7. The molecular formula is C21H27NO10. The minimum Gasteiger partial charge on any atom is -0.493 e. The van der Waals surface area contributed by atoms with Crippen LogP contribution in [0.15, 0.2) is 24.3 Å². The van der Waals surface area contributed by atoms with Crippen LogP contribution in [-0.2, 0) is 38.1 Å². The molecule has 0 bridgehead atoms. The minimum absolute atomic E-state index is 0.286. The van der Waals surface area contributed by atoms with E-state index in [9.17, 15) is 19.2 Å². The Balaban J connectivity index is 2.48. The van der Waals surface area contributed by atoms with Crippen molar-refractivity contribution >= 4 is 23.8 Å². The third-order valence-corrected chi connectivity index (χ3v) is 4.38. The lowest BCUT2D eigenvalue weighted by Gasteiger charge is -2.44. The number of ether oxygens (including phenoxy) is 6. The van der Waals surface area contributed by atoms with E-state index in [0.29, 0.717) is 5.75 Å². The van der Waals surface area contributed by atoms with Crippen molar-refractivity contribution in [2.24, 2.45) is 0 Å². The van der Waals surface area contributed by atoms with Gasteiger partial charge >= 0.3 is 17.9 Å². The van der Waals surface area contributed by atoms with Gasteiger partial charge in [0.1, 0.15) is 18.8 Å². The van der Waals surface area contributed by atoms with Crippen LogP contribution in [-0.4, -0.2) is 68.2 Å². The van der Waals surface area contributed by atoms with E-state index in [1.54, 1.807) is 24.3 Å². The first-order chi connectivity index (χ1) is 15.1. The zero-order chi connectivity index (χ0) is 23.8. The van der Waals surface area contributed by atoms with Gasteiger partial charge in [0, 0.05) is 27.7 Å². The van der Waals surface area contributed by atoms with E-state index in [0.717, 1.165) is 0 Å². The summed E-state index contributed by atoms with van der Waals surface area (Å²) in [5.41, 5.74) is 0. The zero-order valence-electron chi connectivity index (χ0n) is 18.5. The van der Waals surface area contributed by atoms with E-state index in [1.165, 1.54) is 34.8 Å². The second-order valence-corrected chi connectivity index (χ2v) is 6.99. The fourth-order valence-electron chi connectivity index (χ4n) is 3.23. The first kappa shape index (κ1) is 24.9. The van der Waals surface area contributed by atoms with Crippen LogP contribution in [0.1, 0.15) is 27.7 Å². The summed E-state index contributed by atoms with van der Waals surface area (Å²) in [7, 11) is 1.46. The number of methoxy groups -OCH3 is 1. The van der Waals surface area contributed by atoms with Gasteiger partial charge < -0.3 is 33.7 Å². The van der Waals surface area contributed by atoms with E-state index in [2.05, 4.69) is 5.32 Å². The molecule has 0 aliphatic carbocycles. The van der Waals surface area contributed by atoms with Crippen molar-refractivity contribution in [2.75, 3.05) is 13.7 Å². The third-order valence-electron chi connectivity index (χ3n) is 4.38. The number of carbonyl (C=O) groups is 4. The Morgan fingerprint density at radius 2 is 1.50 bits per heavy atom. The van der Waals surface area contributed by atoms with Gasteiger partial charge in [0.05, 0.1) is 7.11 Å². The Morgan fingerprint density at radius 3 is 2.03 bits per heavy atom. The summed E-state index contributed by atoms with van der Waals surface area (Å²) >= 11 is 0. The molecule has 176 valence electrons. The molecular weight excluding hydrogens is 426 g/mol. The van der Waals surface area contributed by atoms with Crippen LogP contribution in [0.3, 0.4) is 0 Å². The molecule has 1 N–H and O–H groups in total. The highest BCUT2D eigenvalue weighted by Crippen LogP contribution is 2.32. The molecule has 2 rings (SSSR count). The molecule has 1 aliphatic heterocycles. The molecule has 1 heterocycles. The number of para-hydroxylation sites is 2. The van der Waals surface area contributed by atoms with E-state index in [4.69, 9.17) is 28.4 Å². The number of carbonyl (C=O) groups excluding carboxylic acids is 4. The summed E-state index contributed by atoms with van der Waals surface area (Å²) in [6.45, 7) is 4.48. The van der Waals surface area contributed by atoms with Gasteiger partial charge in [0.15, 0.2) is 23.7 Å². The van der Waals surface area contributed by atoms with Crippen LogP contribution in [0.5, 0.6) is 11.5 Å². The molecule has 1 amide bonds. The van der Waals surface area contributed by atoms with Crippen LogP contribution < -0.4 is 14.8 Å². The molecule has 1 fully saturated rings. The molecule has 1 saturated heterocycles. The number of hydrogen-bond donors (Lipinski definition) is 1. The fraction of sp³-hybridized carbons (Fsp3) is 0.524. The molecule has 0 unspecified atom stereocenters. The quantitative estimate of drug-likeness (QED) is 0.443. The fourth-order valence-corrected chi connectivity index (χ4v) is 3.23. The summed E-state index contributed by atoms with van der Waals surface area (Å²) in [6.07, 6.45) is -4.66. The number of benzene rings is 1. The molecule has 5 atom stereocenters. The van der Waals surface area contributed by atoms with Crippen molar-refractivity contribution in [3.8, 4) is 11.5 Å². The second-order valence-electron chi connectivity index (χ2n) is 6.99. The Bertz CT molecular complexity index is 842. The SMILES string of the molecule is COc1ccccc1O[C@H]1O[C@@H](COC(C)=O)[C@@H](OC(C)=O)[C@@H](OC(C)=O)[C@H]1NC(C)=O. The number of nitrogens with one attached hydrogen (secondary N) is 1. The van der Waals surface area contributed by atoms with Crippen LogP contribution in [0.4, 0.5) is 0 Å². The number of amides is 1. The minimum atomic E-state index is -1.22. The zero-order valence-corrected chi connectivity index (χ0v) is 18.5. The molecule has 1 aromatic rings. The summed E-state index contributed by atoms with van der Waals surface area (Å²) in [4.78, 5) is 46.9. The Labute approximate surface area is 185 Å². The molecule has 1 aromatic carbocycles. The van der Waals surface area contributed by atoms with Gasteiger partial charge in [-0.3, -0.25) is 19.2 Å². The largest absolute Gasteiger partial charge is 0.493 e. The molecule has 1 aliphatic rings. The van der Waals surface area contributed by atoms with Crippen molar-refractivity contribution in [2.45, 2.75) is 58.3 Å². The van der Waals surface area contributed by atoms with Gasteiger partial charge in [-0.2, -0.15) is 0 Å². The van der Waals surface area contributed by atoms with Gasteiger partial charge in [-0.05, 0) is 12.1 Å². The van der Waals surface area contributed by atoms with Crippen LogP contribution in [0.25, 0.3) is 0 Å². The summed E-state index contributed by atoms with van der Waals surface area (Å²) in [6, 6.07) is 5.65. The molecule has 0 spiro atoms. The van der Waals surface area contributed by atoms with Crippen LogP contribution in [0, 0.1) is 0 Å². The van der Waals surface area contributed by atoms with Gasteiger partial charge in [0.25, 0.3) is 0 Å². The highest BCUT2D eigenvalue weighted by molar-refractivity contribution is 5.73. The Kier molecular flexibility index (Phi) is 8.82. The molecule has 0 radical (unpaired) electrons. The maximum absolute atomic E-state index is 11.9. The van der Waals surface area contributed by atoms with E-state index < -0.39 is 54.5 Å². The molecule has 11 heteroatoms. The Hall–Kier alpha value is -3.34. The van der Waals surface area contributed by atoms with Crippen molar-refractivity contribution < 1.29 is 47.6 Å². The lowest BCUT2D eigenvalue weighted by Crippen LogP contribution is -2.67. The van der Waals surface area contributed by atoms with E-state index in [1.807, 2.05) is 0 Å². The Morgan fingerprint density at radius 1 is 0.906 bits per heavy atom. The molecule has 32 heavy (non-hydrogen) atoms. The predicted molar refractivity (Wildman–Crippen MR) is 108 cm³/mol. The molecule has 0 aromatic heterocycles. The van der Waals surface area contributed by atoms with E-state index in [-0.39, 0.29) is 12.4 Å². The van der Waals surface area contributed by atoms with Gasteiger partial charge in [-0.1, -0.05) is 12.1 Å². The van der Waals surface area contributed by atoms with Gasteiger partial charge in [-0.25, -0.2) is 0 Å². The lowest BCUT2D eigenvalue weighted by atomic mass is 9.96. The number of hydrogen-bond acceptors (Lipinski definition) is 10.